The summed E-state index contributed by atoms with van der Waals surface area (Å²) in [5.41, 5.74) is -0.333. The molecule has 1 atom stereocenters. The third kappa shape index (κ3) is 3.14. The molecule has 1 heterocycles. The Morgan fingerprint density at radius 3 is 2.61 bits per heavy atom. The number of benzene rings is 1. The van der Waals surface area contributed by atoms with Crippen LogP contribution in [0.3, 0.4) is 0 Å². The molecule has 1 amide bonds. The minimum atomic E-state index is -3.72. The molecule has 1 saturated heterocycles. The van der Waals surface area contributed by atoms with Gasteiger partial charge in [0.05, 0.1) is 11.0 Å². The summed E-state index contributed by atoms with van der Waals surface area (Å²) in [6, 6.07) is 4.19. The maximum atomic E-state index is 12.0. The molecule has 2 aliphatic rings. The van der Waals surface area contributed by atoms with Crippen LogP contribution in [0.15, 0.2) is 23.1 Å². The molecule has 0 aromatic heterocycles. The first kappa shape index (κ1) is 15.7. The number of amides is 1. The first-order valence-electron chi connectivity index (χ1n) is 7.31. The van der Waals surface area contributed by atoms with Gasteiger partial charge in [-0.25, -0.2) is 8.42 Å². The van der Waals surface area contributed by atoms with E-state index in [-0.39, 0.29) is 29.0 Å². The molecule has 0 bridgehead atoms. The molecule has 8 nitrogen and oxygen atoms in total. The lowest BCUT2D eigenvalue weighted by Gasteiger charge is -2.17. The van der Waals surface area contributed by atoms with Crippen molar-refractivity contribution in [1.82, 2.24) is 4.90 Å². The fraction of sp³-hybridized carbons (Fsp3) is 0.500. The summed E-state index contributed by atoms with van der Waals surface area (Å²) in [4.78, 5) is 24.1. The zero-order valence-electron chi connectivity index (χ0n) is 12.6. The van der Waals surface area contributed by atoms with Gasteiger partial charge in [-0.3, -0.25) is 14.9 Å². The maximum Gasteiger partial charge on any atom is 0.310 e. The van der Waals surface area contributed by atoms with Crippen LogP contribution in [0.5, 0.6) is 0 Å². The number of nitro groups is 1. The Hall–Kier alpha value is -2.16. The average Bonchev–Trinajstić information content (AvgIpc) is 3.22. The first-order valence-corrected chi connectivity index (χ1v) is 9.20. The van der Waals surface area contributed by atoms with Crippen LogP contribution in [0.1, 0.15) is 19.3 Å². The Balaban J connectivity index is 1.88. The third-order valence-electron chi connectivity index (χ3n) is 4.09. The van der Waals surface area contributed by atoms with Crippen molar-refractivity contribution in [2.24, 2.45) is 0 Å². The largest absolute Gasteiger partial charge is 0.374 e. The summed E-state index contributed by atoms with van der Waals surface area (Å²) in [5.74, 6) is 0.0342. The lowest BCUT2D eigenvalue weighted by molar-refractivity contribution is -0.386. The topological polar surface area (TPSA) is 110 Å². The van der Waals surface area contributed by atoms with Crippen LogP contribution >= 0.6 is 0 Å². The van der Waals surface area contributed by atoms with E-state index in [2.05, 4.69) is 5.32 Å². The van der Waals surface area contributed by atoms with Gasteiger partial charge in [-0.2, -0.15) is 0 Å². The number of carbonyl (C=O) groups excluding carboxylic acids is 1. The molecule has 1 aromatic rings. The van der Waals surface area contributed by atoms with E-state index in [1.807, 2.05) is 0 Å². The van der Waals surface area contributed by atoms with Gasteiger partial charge in [-0.15, -0.1) is 0 Å². The van der Waals surface area contributed by atoms with Gasteiger partial charge in [0.15, 0.2) is 9.84 Å². The molecule has 0 radical (unpaired) electrons. The molecule has 3 rings (SSSR count). The van der Waals surface area contributed by atoms with Crippen molar-refractivity contribution < 1.29 is 18.1 Å². The number of likely N-dealkylation sites (tertiary alicyclic amines) is 1. The second kappa shape index (κ2) is 5.48. The number of nitrogens with zero attached hydrogens (tertiary/aromatic N) is 2. The minimum absolute atomic E-state index is 0.0342. The van der Waals surface area contributed by atoms with E-state index < -0.39 is 20.4 Å². The van der Waals surface area contributed by atoms with Crippen LogP contribution in [0.4, 0.5) is 11.4 Å². The zero-order chi connectivity index (χ0) is 16.8. The van der Waals surface area contributed by atoms with E-state index in [4.69, 9.17) is 0 Å². The number of sulfone groups is 1. The summed E-state index contributed by atoms with van der Waals surface area (Å²) in [7, 11) is -3.72. The lowest BCUT2D eigenvalue weighted by Crippen LogP contribution is -2.29. The van der Waals surface area contributed by atoms with E-state index in [9.17, 15) is 23.3 Å². The predicted octanol–water partition coefficient (Wildman–Crippen LogP) is 1.17. The van der Waals surface area contributed by atoms with Crippen LogP contribution in [0.25, 0.3) is 0 Å². The Kier molecular flexibility index (Phi) is 3.75. The summed E-state index contributed by atoms with van der Waals surface area (Å²) in [5, 5.41) is 14.3. The van der Waals surface area contributed by atoms with Crippen molar-refractivity contribution in [3.63, 3.8) is 0 Å². The Bertz CT molecular complexity index is 773. The smallest absolute Gasteiger partial charge is 0.310 e. The molecule has 1 N–H and O–H groups in total. The van der Waals surface area contributed by atoms with Crippen molar-refractivity contribution in [2.45, 2.75) is 36.2 Å². The molecule has 1 aliphatic heterocycles. The summed E-state index contributed by atoms with van der Waals surface area (Å²) < 4.78 is 23.5. The van der Waals surface area contributed by atoms with E-state index in [1.54, 1.807) is 4.90 Å². The highest BCUT2D eigenvalue weighted by atomic mass is 32.2. The van der Waals surface area contributed by atoms with Gasteiger partial charge in [0, 0.05) is 25.3 Å². The van der Waals surface area contributed by atoms with Crippen LogP contribution in [-0.2, 0) is 14.6 Å². The van der Waals surface area contributed by atoms with Gasteiger partial charge in [0.25, 0.3) is 0 Å². The van der Waals surface area contributed by atoms with Gasteiger partial charge in [0.1, 0.15) is 10.6 Å². The Morgan fingerprint density at radius 1 is 1.35 bits per heavy atom. The van der Waals surface area contributed by atoms with Crippen molar-refractivity contribution in [3.8, 4) is 0 Å². The molecule has 1 unspecified atom stereocenters. The van der Waals surface area contributed by atoms with Crippen LogP contribution in [0, 0.1) is 10.1 Å². The summed E-state index contributed by atoms with van der Waals surface area (Å²) >= 11 is 0. The van der Waals surface area contributed by atoms with Gasteiger partial charge < -0.3 is 10.2 Å². The summed E-state index contributed by atoms with van der Waals surface area (Å²) in [6.07, 6.45) is 3.20. The lowest BCUT2D eigenvalue weighted by atomic mass is 10.2. The third-order valence-corrected chi connectivity index (χ3v) is 5.22. The Morgan fingerprint density at radius 2 is 2.04 bits per heavy atom. The highest BCUT2D eigenvalue weighted by Crippen LogP contribution is 2.35. The number of nitrogens with one attached hydrogen (secondary N) is 1. The highest BCUT2D eigenvalue weighted by molar-refractivity contribution is 7.90. The molecular formula is C14H17N3O5S. The second-order valence-corrected chi connectivity index (χ2v) is 7.99. The van der Waals surface area contributed by atoms with Crippen molar-refractivity contribution >= 4 is 27.1 Å². The molecular weight excluding hydrogens is 322 g/mol. The van der Waals surface area contributed by atoms with Crippen LogP contribution < -0.4 is 5.32 Å². The molecule has 0 spiro atoms. The number of carbonyl (C=O) groups is 1. The number of anilines is 1. The second-order valence-electron chi connectivity index (χ2n) is 6.00. The molecule has 124 valence electrons. The quantitative estimate of drug-likeness (QED) is 0.637. The van der Waals surface area contributed by atoms with E-state index in [0.29, 0.717) is 12.6 Å². The van der Waals surface area contributed by atoms with E-state index in [1.165, 1.54) is 18.2 Å². The highest BCUT2D eigenvalue weighted by Gasteiger charge is 2.40. The maximum absolute atomic E-state index is 12.0. The minimum Gasteiger partial charge on any atom is -0.374 e. The first-order chi connectivity index (χ1) is 10.8. The fourth-order valence-corrected chi connectivity index (χ4v) is 3.78. The zero-order valence-corrected chi connectivity index (χ0v) is 13.4. The molecule has 9 heteroatoms. The van der Waals surface area contributed by atoms with Crippen LogP contribution in [0.2, 0.25) is 0 Å². The monoisotopic (exact) mass is 339 g/mol. The number of rotatable bonds is 5. The molecule has 1 saturated carbocycles. The standard InChI is InChI=1S/C14H17N3O5S/c1-23(21,22)12-4-2-3-11(14(12)17(19)20)15-9-7-13(18)16(8-9)10-5-6-10/h2-4,9-10,15H,5-8H2,1H3. The van der Waals surface area contributed by atoms with E-state index in [0.717, 1.165) is 19.1 Å². The molecule has 1 aliphatic carbocycles. The normalized spacial score (nSPS) is 21.5. The average molecular weight is 339 g/mol. The Labute approximate surface area is 133 Å². The fourth-order valence-electron chi connectivity index (χ4n) is 2.91. The SMILES string of the molecule is CS(=O)(=O)c1cccc(NC2CC(=O)N(C3CC3)C2)c1[N+](=O)[O-]. The predicted molar refractivity (Wildman–Crippen MR) is 83.0 cm³/mol. The molecule has 2 fully saturated rings. The number of nitro benzene ring substituents is 1. The van der Waals surface area contributed by atoms with E-state index >= 15 is 0 Å². The van der Waals surface area contributed by atoms with Gasteiger partial charge in [-0.05, 0) is 25.0 Å². The van der Waals surface area contributed by atoms with Crippen molar-refractivity contribution in [1.29, 1.82) is 0 Å². The van der Waals surface area contributed by atoms with Crippen molar-refractivity contribution in [2.75, 3.05) is 18.1 Å². The van der Waals surface area contributed by atoms with Gasteiger partial charge in [0.2, 0.25) is 5.91 Å². The van der Waals surface area contributed by atoms with Gasteiger partial charge in [-0.1, -0.05) is 6.07 Å². The molecule has 1 aromatic carbocycles. The van der Waals surface area contributed by atoms with Crippen LogP contribution in [-0.4, -0.2) is 49.0 Å². The van der Waals surface area contributed by atoms with Gasteiger partial charge >= 0.3 is 5.69 Å². The summed E-state index contributed by atoms with van der Waals surface area (Å²) in [6.45, 7) is 0.490. The molecule has 23 heavy (non-hydrogen) atoms. The number of para-hydroxylation sites is 1. The number of hydrogen-bond acceptors (Lipinski definition) is 6. The van der Waals surface area contributed by atoms with Crippen molar-refractivity contribution in [3.05, 3.63) is 28.3 Å². The number of hydrogen-bond donors (Lipinski definition) is 1.